The second kappa shape index (κ2) is 8.66. The lowest BCUT2D eigenvalue weighted by atomic mass is 9.92. The summed E-state index contributed by atoms with van der Waals surface area (Å²) in [7, 11) is -0.311. The van der Waals surface area contributed by atoms with Crippen molar-refractivity contribution in [1.82, 2.24) is 33.2 Å². The molecule has 3 aromatic rings. The van der Waals surface area contributed by atoms with Gasteiger partial charge in [-0.25, -0.2) is 27.0 Å². The fourth-order valence-electron chi connectivity index (χ4n) is 4.92. The van der Waals surface area contributed by atoms with Crippen molar-refractivity contribution >= 4 is 27.1 Å². The third-order valence-electron chi connectivity index (χ3n) is 6.99. The maximum atomic E-state index is 13.7. The Labute approximate surface area is 200 Å². The van der Waals surface area contributed by atoms with Crippen molar-refractivity contribution in [2.24, 2.45) is 14.1 Å². The Hall–Kier alpha value is -2.87. The number of alkyl halides is 2. The Kier molecular flexibility index (Phi) is 5.90. The summed E-state index contributed by atoms with van der Waals surface area (Å²) in [6.45, 7) is 0.674. The molecule has 0 aromatic carbocycles. The molecule has 11 nitrogen and oxygen atoms in total. The van der Waals surface area contributed by atoms with Gasteiger partial charge in [0, 0.05) is 58.3 Å². The smallest absolute Gasteiger partial charge is 0.330 e. The van der Waals surface area contributed by atoms with E-state index in [9.17, 15) is 22.0 Å². The zero-order valence-electron chi connectivity index (χ0n) is 19.6. The third-order valence-corrected chi connectivity index (χ3v) is 8.84. The molecule has 1 saturated heterocycles. The zero-order valence-corrected chi connectivity index (χ0v) is 20.4. The number of hydrogen-bond donors (Lipinski definition) is 1. The molecule has 0 amide bonds. The van der Waals surface area contributed by atoms with Crippen LogP contribution >= 0.6 is 0 Å². The van der Waals surface area contributed by atoms with E-state index < -0.39 is 15.9 Å². The normalized spacial score (nSPS) is 20.5. The van der Waals surface area contributed by atoms with Crippen molar-refractivity contribution < 1.29 is 17.2 Å². The van der Waals surface area contributed by atoms with Crippen molar-refractivity contribution in [3.8, 4) is 0 Å². The van der Waals surface area contributed by atoms with Crippen LogP contribution < -0.4 is 11.0 Å². The van der Waals surface area contributed by atoms with Gasteiger partial charge in [-0.3, -0.25) is 13.8 Å². The molecule has 5 rings (SSSR count). The predicted molar refractivity (Wildman–Crippen MR) is 124 cm³/mol. The largest absolute Gasteiger partial charge is 0.351 e. The van der Waals surface area contributed by atoms with Gasteiger partial charge in [-0.05, 0) is 25.7 Å². The lowest BCUT2D eigenvalue weighted by Crippen LogP contribution is -2.42. The summed E-state index contributed by atoms with van der Waals surface area (Å²) in [6.07, 6.45) is 5.41. The minimum atomic E-state index is -3.60. The maximum Gasteiger partial charge on any atom is 0.330 e. The van der Waals surface area contributed by atoms with Gasteiger partial charge in [-0.15, -0.1) is 0 Å². The van der Waals surface area contributed by atoms with Crippen LogP contribution in [0.4, 0.5) is 14.7 Å². The van der Waals surface area contributed by atoms with Crippen LogP contribution in [0.3, 0.4) is 0 Å². The van der Waals surface area contributed by atoms with Gasteiger partial charge in [0.25, 0.3) is 0 Å². The molecule has 3 aromatic heterocycles. The number of sulfonamides is 1. The minimum absolute atomic E-state index is 0.0509. The molecule has 1 aliphatic carbocycles. The van der Waals surface area contributed by atoms with E-state index in [0.717, 1.165) is 0 Å². The number of aromatic nitrogens is 6. The van der Waals surface area contributed by atoms with Gasteiger partial charge in [0.1, 0.15) is 10.4 Å². The fraction of sp³-hybridized carbons (Fsp3) is 0.619. The van der Waals surface area contributed by atoms with E-state index in [1.54, 1.807) is 20.3 Å². The molecule has 2 aliphatic rings. The van der Waals surface area contributed by atoms with Crippen LogP contribution in [-0.4, -0.2) is 66.7 Å². The number of nitrogens with one attached hydrogen (secondary N) is 1. The summed E-state index contributed by atoms with van der Waals surface area (Å²) in [6, 6.07) is -0.389. The fourth-order valence-corrected chi connectivity index (χ4v) is 6.38. The first-order valence-electron chi connectivity index (χ1n) is 11.6. The first kappa shape index (κ1) is 23.9. The molecule has 1 saturated carbocycles. The maximum absolute atomic E-state index is 13.7. The lowest BCUT2D eigenvalue weighted by Gasteiger charge is -2.31. The van der Waals surface area contributed by atoms with Crippen LogP contribution in [0.2, 0.25) is 0 Å². The van der Waals surface area contributed by atoms with Gasteiger partial charge in [0.05, 0.1) is 12.4 Å². The second-order valence-corrected chi connectivity index (χ2v) is 11.3. The zero-order chi connectivity index (χ0) is 25.0. The number of rotatable bonds is 5. The molecule has 0 radical (unpaired) electrons. The quantitative estimate of drug-likeness (QED) is 0.557. The van der Waals surface area contributed by atoms with Gasteiger partial charge in [-0.1, -0.05) is 0 Å². The number of aryl methyl sites for hydroxylation is 2. The van der Waals surface area contributed by atoms with E-state index in [1.165, 1.54) is 30.5 Å². The van der Waals surface area contributed by atoms with E-state index in [-0.39, 0.29) is 48.4 Å². The molecule has 0 atom stereocenters. The Morgan fingerprint density at radius 2 is 1.77 bits per heavy atom. The molecule has 190 valence electrons. The average molecular weight is 511 g/mol. The number of halogens is 2. The SMILES string of the molecule is Cn1cc(S(=O)(=O)N2CCC(Nc3ncc4c(n3)n(C3CCC(F)(F)CC3)c(=O)n4C)CC2)cn1. The van der Waals surface area contributed by atoms with Crippen molar-refractivity contribution in [3.63, 3.8) is 0 Å². The van der Waals surface area contributed by atoms with E-state index in [4.69, 9.17) is 0 Å². The first-order valence-corrected chi connectivity index (χ1v) is 13.1. The monoisotopic (exact) mass is 510 g/mol. The van der Waals surface area contributed by atoms with Gasteiger partial charge in [-0.2, -0.15) is 14.4 Å². The Morgan fingerprint density at radius 1 is 1.09 bits per heavy atom. The van der Waals surface area contributed by atoms with Gasteiger partial charge in [0.15, 0.2) is 5.65 Å². The molecular weight excluding hydrogens is 482 g/mol. The molecule has 0 bridgehead atoms. The number of hydrogen-bond acceptors (Lipinski definition) is 7. The van der Waals surface area contributed by atoms with Crippen molar-refractivity contribution in [2.75, 3.05) is 18.4 Å². The topological polar surface area (TPSA) is 120 Å². The second-order valence-electron chi connectivity index (χ2n) is 9.37. The summed E-state index contributed by atoms with van der Waals surface area (Å²) >= 11 is 0. The minimum Gasteiger partial charge on any atom is -0.351 e. The molecular formula is C21H28F2N8O3S. The lowest BCUT2D eigenvalue weighted by molar-refractivity contribution is -0.0439. The van der Waals surface area contributed by atoms with Gasteiger partial charge >= 0.3 is 5.69 Å². The number of nitrogens with zero attached hydrogens (tertiary/aromatic N) is 7. The molecule has 0 unspecified atom stereocenters. The van der Waals surface area contributed by atoms with Crippen molar-refractivity contribution in [2.45, 2.75) is 61.4 Å². The highest BCUT2D eigenvalue weighted by molar-refractivity contribution is 7.89. The number of fused-ring (bicyclic) bond motifs is 1. The summed E-state index contributed by atoms with van der Waals surface area (Å²) in [5.41, 5.74) is 0.660. The highest BCUT2D eigenvalue weighted by Gasteiger charge is 2.37. The van der Waals surface area contributed by atoms with Crippen molar-refractivity contribution in [3.05, 3.63) is 29.1 Å². The van der Waals surface area contributed by atoms with Gasteiger partial charge in [0.2, 0.25) is 21.9 Å². The average Bonchev–Trinajstić information content (AvgIpc) is 3.36. The summed E-state index contributed by atoms with van der Waals surface area (Å²) in [5, 5.41) is 7.20. The summed E-state index contributed by atoms with van der Waals surface area (Å²) in [4.78, 5) is 22.0. The van der Waals surface area contributed by atoms with Crippen LogP contribution in [0.15, 0.2) is 28.3 Å². The van der Waals surface area contributed by atoms with E-state index in [0.29, 0.717) is 43.0 Å². The van der Waals surface area contributed by atoms with Crippen molar-refractivity contribution in [1.29, 1.82) is 0 Å². The molecule has 35 heavy (non-hydrogen) atoms. The standard InChI is InChI=1S/C21H28F2N8O3S/c1-28-13-16(11-25-28)35(33,34)30-9-5-14(6-10-30)26-19-24-12-17-18(27-19)31(20(32)29(17)2)15-3-7-21(22,23)8-4-15/h11-15H,3-10H2,1-2H3,(H,24,26,27). The Bertz CT molecular complexity index is 1400. The van der Waals surface area contributed by atoms with Gasteiger partial charge < -0.3 is 5.32 Å². The number of piperidine rings is 1. The first-order chi connectivity index (χ1) is 16.5. The summed E-state index contributed by atoms with van der Waals surface area (Å²) in [5.74, 6) is -2.36. The Balaban J connectivity index is 1.31. The number of anilines is 1. The molecule has 2 fully saturated rings. The van der Waals surface area contributed by atoms with E-state index in [1.807, 2.05) is 0 Å². The Morgan fingerprint density at radius 3 is 2.40 bits per heavy atom. The molecule has 4 heterocycles. The van der Waals surface area contributed by atoms with Crippen LogP contribution in [-0.2, 0) is 24.1 Å². The van der Waals surface area contributed by atoms with E-state index >= 15 is 0 Å². The summed E-state index contributed by atoms with van der Waals surface area (Å²) < 4.78 is 58.8. The number of imidazole rings is 1. The van der Waals surface area contributed by atoms with Crippen LogP contribution in [0.5, 0.6) is 0 Å². The molecule has 0 spiro atoms. The highest BCUT2D eigenvalue weighted by Crippen LogP contribution is 2.38. The third kappa shape index (κ3) is 4.44. The van der Waals surface area contributed by atoms with Crippen LogP contribution in [0.1, 0.15) is 44.6 Å². The van der Waals surface area contributed by atoms with E-state index in [2.05, 4.69) is 20.4 Å². The van der Waals surface area contributed by atoms with Crippen LogP contribution in [0.25, 0.3) is 11.2 Å². The molecule has 1 aliphatic heterocycles. The van der Waals surface area contributed by atoms with Crippen LogP contribution in [0, 0.1) is 0 Å². The molecule has 14 heteroatoms. The predicted octanol–water partition coefficient (Wildman–Crippen LogP) is 1.88. The molecule has 1 N–H and O–H groups in total. The highest BCUT2D eigenvalue weighted by atomic mass is 32.2.